The number of anilines is 1. The van der Waals surface area contributed by atoms with E-state index in [2.05, 4.69) is 19.2 Å². The van der Waals surface area contributed by atoms with Crippen molar-refractivity contribution in [1.29, 1.82) is 0 Å². The van der Waals surface area contributed by atoms with Crippen molar-refractivity contribution in [3.63, 3.8) is 0 Å². The molecule has 0 radical (unpaired) electrons. The second-order valence-corrected chi connectivity index (χ2v) is 7.06. The number of hydrogen-bond donors (Lipinski definition) is 1. The second kappa shape index (κ2) is 8.69. The molecule has 28 heavy (non-hydrogen) atoms. The third kappa shape index (κ3) is 4.76. The summed E-state index contributed by atoms with van der Waals surface area (Å²) < 4.78 is 19.2. The average Bonchev–Trinajstić information content (AvgIpc) is 2.65. The Morgan fingerprint density at radius 3 is 2.75 bits per heavy atom. The van der Waals surface area contributed by atoms with Crippen LogP contribution in [-0.4, -0.2) is 24.9 Å². The largest absolute Gasteiger partial charge is 0.449 e. The summed E-state index contributed by atoms with van der Waals surface area (Å²) in [6.07, 6.45) is 2.34. The summed E-state index contributed by atoms with van der Waals surface area (Å²) in [6, 6.07) is 12.9. The van der Waals surface area contributed by atoms with Crippen LogP contribution in [0.2, 0.25) is 0 Å². The Morgan fingerprint density at radius 1 is 1.21 bits per heavy atom. The van der Waals surface area contributed by atoms with Crippen LogP contribution in [0.25, 0.3) is 6.08 Å². The molecule has 0 spiro atoms. The molecule has 0 unspecified atom stereocenters. The van der Waals surface area contributed by atoms with E-state index in [-0.39, 0.29) is 18.2 Å². The van der Waals surface area contributed by atoms with Crippen molar-refractivity contribution in [3.8, 4) is 5.75 Å². The summed E-state index contributed by atoms with van der Waals surface area (Å²) in [6.45, 7) is 4.61. The van der Waals surface area contributed by atoms with Gasteiger partial charge in [0, 0.05) is 6.54 Å². The lowest BCUT2D eigenvalue weighted by atomic mass is 10.1. The quantitative estimate of drug-likeness (QED) is 0.774. The molecule has 0 atom stereocenters. The Hall–Kier alpha value is -3.15. The van der Waals surface area contributed by atoms with Gasteiger partial charge in [0.25, 0.3) is 5.91 Å². The van der Waals surface area contributed by atoms with Crippen molar-refractivity contribution < 1.29 is 18.7 Å². The number of carbonyl (C=O) groups excluding carboxylic acids is 2. The monoisotopic (exact) mass is 382 g/mol. The lowest BCUT2D eigenvalue weighted by molar-refractivity contribution is -0.123. The van der Waals surface area contributed by atoms with Crippen LogP contribution in [0.1, 0.15) is 25.8 Å². The van der Waals surface area contributed by atoms with Crippen LogP contribution in [0.15, 0.2) is 54.3 Å². The van der Waals surface area contributed by atoms with E-state index in [0.717, 1.165) is 6.42 Å². The number of para-hydroxylation sites is 2. The molecule has 0 saturated carbocycles. The molecule has 5 nitrogen and oxygen atoms in total. The molecule has 0 bridgehead atoms. The van der Waals surface area contributed by atoms with Crippen LogP contribution in [0, 0.1) is 11.7 Å². The van der Waals surface area contributed by atoms with Crippen LogP contribution in [0.3, 0.4) is 0 Å². The maximum atomic E-state index is 13.5. The van der Waals surface area contributed by atoms with Gasteiger partial charge in [0.15, 0.2) is 11.5 Å². The van der Waals surface area contributed by atoms with Gasteiger partial charge in [-0.05, 0) is 48.2 Å². The molecular weight excluding hydrogens is 359 g/mol. The predicted octanol–water partition coefficient (Wildman–Crippen LogP) is 3.75. The molecule has 1 aliphatic heterocycles. The van der Waals surface area contributed by atoms with Gasteiger partial charge in [-0.1, -0.05) is 38.1 Å². The number of nitrogens with one attached hydrogen (secondary N) is 1. The maximum Gasteiger partial charge on any atom is 0.294 e. The topological polar surface area (TPSA) is 58.6 Å². The molecular formula is C22H23FN2O3. The fourth-order valence-electron chi connectivity index (χ4n) is 2.87. The molecule has 0 fully saturated rings. The Bertz CT molecular complexity index is 908. The summed E-state index contributed by atoms with van der Waals surface area (Å²) in [5.74, 6) is -0.0944. The molecule has 1 aliphatic rings. The van der Waals surface area contributed by atoms with E-state index in [1.807, 2.05) is 0 Å². The molecule has 146 valence electrons. The molecule has 2 amide bonds. The number of benzene rings is 2. The first-order valence-corrected chi connectivity index (χ1v) is 9.27. The lowest BCUT2D eigenvalue weighted by Crippen LogP contribution is -2.44. The second-order valence-electron chi connectivity index (χ2n) is 7.06. The van der Waals surface area contributed by atoms with Gasteiger partial charge in [-0.3, -0.25) is 14.5 Å². The van der Waals surface area contributed by atoms with Crippen molar-refractivity contribution in [1.82, 2.24) is 5.32 Å². The van der Waals surface area contributed by atoms with Crippen LogP contribution in [0.4, 0.5) is 10.1 Å². The fourth-order valence-corrected chi connectivity index (χ4v) is 2.87. The molecule has 0 aliphatic carbocycles. The lowest BCUT2D eigenvalue weighted by Gasteiger charge is -2.30. The molecule has 1 N–H and O–H groups in total. The maximum absolute atomic E-state index is 13.5. The van der Waals surface area contributed by atoms with Crippen molar-refractivity contribution in [2.24, 2.45) is 5.92 Å². The highest BCUT2D eigenvalue weighted by molar-refractivity contribution is 6.12. The number of rotatable bonds is 6. The first-order valence-electron chi connectivity index (χ1n) is 9.27. The molecule has 6 heteroatoms. The number of halogens is 1. The third-order valence-corrected chi connectivity index (χ3v) is 4.32. The summed E-state index contributed by atoms with van der Waals surface area (Å²) in [5.41, 5.74) is 1.03. The van der Waals surface area contributed by atoms with Gasteiger partial charge >= 0.3 is 0 Å². The van der Waals surface area contributed by atoms with Crippen LogP contribution >= 0.6 is 0 Å². The fraction of sp³-hybridized carbons (Fsp3) is 0.273. The summed E-state index contributed by atoms with van der Waals surface area (Å²) in [4.78, 5) is 26.7. The van der Waals surface area contributed by atoms with E-state index in [0.29, 0.717) is 29.5 Å². The van der Waals surface area contributed by atoms with Gasteiger partial charge in [-0.15, -0.1) is 0 Å². The Kier molecular flexibility index (Phi) is 6.09. The highest BCUT2D eigenvalue weighted by Gasteiger charge is 2.31. The van der Waals surface area contributed by atoms with Crippen molar-refractivity contribution in [3.05, 3.63) is 65.7 Å². The van der Waals surface area contributed by atoms with Gasteiger partial charge in [-0.25, -0.2) is 4.39 Å². The zero-order chi connectivity index (χ0) is 20.1. The van der Waals surface area contributed by atoms with Gasteiger partial charge in [-0.2, -0.15) is 0 Å². The van der Waals surface area contributed by atoms with Gasteiger partial charge in [0.1, 0.15) is 12.4 Å². The highest BCUT2D eigenvalue weighted by atomic mass is 19.1. The standard InChI is InChI=1S/C22H23FN2O3/c1-15(2)10-11-24-21(26)14-25-18-8-3-4-9-19(18)28-20(22(25)27)13-16-6-5-7-17(23)12-16/h3-9,12-13,15H,10-11,14H2,1-2H3,(H,24,26)/b20-13+. The molecule has 0 aromatic heterocycles. The minimum atomic E-state index is -0.443. The first kappa shape index (κ1) is 19.6. The SMILES string of the molecule is CC(C)CCNC(=O)CN1C(=O)/C(=C\c2cccc(F)c2)Oc2ccccc21. The number of amides is 2. The summed E-state index contributed by atoms with van der Waals surface area (Å²) in [5, 5.41) is 2.84. The zero-order valence-corrected chi connectivity index (χ0v) is 15.9. The van der Waals surface area contributed by atoms with E-state index in [1.165, 1.54) is 23.1 Å². The van der Waals surface area contributed by atoms with Gasteiger partial charge < -0.3 is 10.1 Å². The van der Waals surface area contributed by atoms with Crippen LogP contribution in [0.5, 0.6) is 5.75 Å². The number of ether oxygens (including phenoxy) is 1. The minimum absolute atomic E-state index is 0.0410. The minimum Gasteiger partial charge on any atom is -0.449 e. The highest BCUT2D eigenvalue weighted by Crippen LogP contribution is 2.35. The van der Waals surface area contributed by atoms with E-state index < -0.39 is 11.7 Å². The molecule has 1 heterocycles. The Labute approximate surface area is 163 Å². The number of fused-ring (bicyclic) bond motifs is 1. The van der Waals surface area contributed by atoms with Gasteiger partial charge in [0.2, 0.25) is 5.91 Å². The van der Waals surface area contributed by atoms with Gasteiger partial charge in [0.05, 0.1) is 5.69 Å². The molecule has 0 saturated heterocycles. The predicted molar refractivity (Wildman–Crippen MR) is 106 cm³/mol. The third-order valence-electron chi connectivity index (χ3n) is 4.32. The van der Waals surface area contributed by atoms with Crippen LogP contribution < -0.4 is 15.0 Å². The smallest absolute Gasteiger partial charge is 0.294 e. The van der Waals surface area contributed by atoms with Crippen molar-refractivity contribution >= 4 is 23.6 Å². The molecule has 2 aromatic rings. The zero-order valence-electron chi connectivity index (χ0n) is 15.9. The number of hydrogen-bond acceptors (Lipinski definition) is 3. The van der Waals surface area contributed by atoms with Crippen LogP contribution in [-0.2, 0) is 9.59 Å². The van der Waals surface area contributed by atoms with E-state index in [4.69, 9.17) is 4.74 Å². The van der Waals surface area contributed by atoms with E-state index in [9.17, 15) is 14.0 Å². The number of nitrogens with zero attached hydrogens (tertiary/aromatic N) is 1. The summed E-state index contributed by atoms with van der Waals surface area (Å²) >= 11 is 0. The van der Waals surface area contributed by atoms with Crippen molar-refractivity contribution in [2.75, 3.05) is 18.0 Å². The Balaban J connectivity index is 1.84. The Morgan fingerprint density at radius 2 is 2.00 bits per heavy atom. The van der Waals surface area contributed by atoms with Crippen molar-refractivity contribution in [2.45, 2.75) is 20.3 Å². The van der Waals surface area contributed by atoms with E-state index in [1.54, 1.807) is 36.4 Å². The normalized spacial score (nSPS) is 14.8. The molecule has 3 rings (SSSR count). The first-order chi connectivity index (χ1) is 13.4. The average molecular weight is 382 g/mol. The van der Waals surface area contributed by atoms with E-state index >= 15 is 0 Å². The summed E-state index contributed by atoms with van der Waals surface area (Å²) in [7, 11) is 0. The number of carbonyl (C=O) groups is 2. The molecule has 2 aromatic carbocycles.